The van der Waals surface area contributed by atoms with Crippen LogP contribution in [0.3, 0.4) is 0 Å². The SMILES string of the molecule is CCc1cc(Nc2nccn3c(-c4ccc(OCC#N)c(F)c4F)cnc23)ccc1C(=O)NCCNC(=O)C(N)CCCN. The summed E-state index contributed by atoms with van der Waals surface area (Å²) in [4.78, 5) is 33.6. The zero-order valence-corrected chi connectivity index (χ0v) is 24.1. The number of rotatable bonds is 14. The number of hydrogen-bond donors (Lipinski definition) is 5. The van der Waals surface area contributed by atoms with Crippen LogP contribution < -0.4 is 32.2 Å². The van der Waals surface area contributed by atoms with E-state index in [-0.39, 0.29) is 41.9 Å². The molecule has 0 aliphatic rings. The van der Waals surface area contributed by atoms with Gasteiger partial charge in [-0.15, -0.1) is 0 Å². The molecular formula is C30H33F2N9O3. The van der Waals surface area contributed by atoms with Crippen molar-refractivity contribution in [2.75, 3.05) is 31.6 Å². The molecule has 44 heavy (non-hydrogen) atoms. The van der Waals surface area contributed by atoms with Crippen molar-refractivity contribution in [1.82, 2.24) is 25.0 Å². The molecule has 0 aliphatic heterocycles. The third-order valence-corrected chi connectivity index (χ3v) is 6.80. The summed E-state index contributed by atoms with van der Waals surface area (Å²) in [5, 5.41) is 17.3. The normalized spacial score (nSPS) is 11.5. The molecule has 2 aromatic heterocycles. The molecule has 0 radical (unpaired) electrons. The number of carbonyl (C=O) groups excluding carboxylic acids is 2. The maximum atomic E-state index is 15.0. The lowest BCUT2D eigenvalue weighted by molar-refractivity contribution is -0.122. The highest BCUT2D eigenvalue weighted by atomic mass is 19.2. The van der Waals surface area contributed by atoms with Crippen LogP contribution in [0.15, 0.2) is 48.9 Å². The van der Waals surface area contributed by atoms with Crippen LogP contribution in [0.5, 0.6) is 5.75 Å². The monoisotopic (exact) mass is 605 g/mol. The summed E-state index contributed by atoms with van der Waals surface area (Å²) >= 11 is 0. The van der Waals surface area contributed by atoms with E-state index in [0.717, 1.165) is 5.56 Å². The molecule has 1 atom stereocenters. The Morgan fingerprint density at radius 2 is 1.93 bits per heavy atom. The van der Waals surface area contributed by atoms with E-state index in [1.165, 1.54) is 24.5 Å². The first-order chi connectivity index (χ1) is 21.3. The first-order valence-electron chi connectivity index (χ1n) is 14.0. The van der Waals surface area contributed by atoms with E-state index in [4.69, 9.17) is 21.5 Å². The van der Waals surface area contributed by atoms with Crippen molar-refractivity contribution in [3.05, 3.63) is 71.7 Å². The van der Waals surface area contributed by atoms with Crippen LogP contribution in [0, 0.1) is 23.0 Å². The summed E-state index contributed by atoms with van der Waals surface area (Å²) in [5.41, 5.74) is 13.8. The first kappa shape index (κ1) is 31.8. The number of nitrogens with two attached hydrogens (primary N) is 2. The Bertz CT molecular complexity index is 1690. The Kier molecular flexibility index (Phi) is 10.7. The van der Waals surface area contributed by atoms with E-state index in [1.54, 1.807) is 28.8 Å². The molecule has 12 nitrogen and oxygen atoms in total. The van der Waals surface area contributed by atoms with Crippen LogP contribution >= 0.6 is 0 Å². The van der Waals surface area contributed by atoms with Gasteiger partial charge in [-0.05, 0) is 61.7 Å². The largest absolute Gasteiger partial charge is 0.476 e. The molecule has 230 valence electrons. The van der Waals surface area contributed by atoms with Crippen molar-refractivity contribution < 1.29 is 23.1 Å². The number of benzene rings is 2. The molecule has 4 rings (SSSR count). The second-order valence-electron chi connectivity index (χ2n) is 9.73. The average molecular weight is 606 g/mol. The van der Waals surface area contributed by atoms with Gasteiger partial charge in [-0.2, -0.15) is 9.65 Å². The fourth-order valence-electron chi connectivity index (χ4n) is 4.54. The van der Waals surface area contributed by atoms with Crippen molar-refractivity contribution in [3.63, 3.8) is 0 Å². The Hall–Kier alpha value is -5.13. The number of imidazole rings is 1. The number of aromatic nitrogens is 3. The van der Waals surface area contributed by atoms with Crippen LogP contribution in [0.1, 0.15) is 35.7 Å². The van der Waals surface area contributed by atoms with Gasteiger partial charge in [0.25, 0.3) is 5.91 Å². The summed E-state index contributed by atoms with van der Waals surface area (Å²) in [7, 11) is 0. The molecule has 0 saturated heterocycles. The van der Waals surface area contributed by atoms with Crippen molar-refractivity contribution in [1.29, 1.82) is 5.26 Å². The van der Waals surface area contributed by atoms with Gasteiger partial charge >= 0.3 is 0 Å². The zero-order valence-electron chi connectivity index (χ0n) is 24.1. The van der Waals surface area contributed by atoms with Gasteiger partial charge in [0.05, 0.1) is 17.9 Å². The van der Waals surface area contributed by atoms with Crippen LogP contribution in [0.4, 0.5) is 20.3 Å². The summed E-state index contributed by atoms with van der Waals surface area (Å²) in [6.07, 6.45) is 6.18. The quantitative estimate of drug-likeness (QED) is 0.135. The molecule has 2 amide bonds. The van der Waals surface area contributed by atoms with Crippen LogP contribution in [-0.4, -0.2) is 58.5 Å². The van der Waals surface area contributed by atoms with Crippen molar-refractivity contribution in [3.8, 4) is 23.1 Å². The van der Waals surface area contributed by atoms with Gasteiger partial charge < -0.3 is 32.2 Å². The Labute approximate surface area is 252 Å². The van der Waals surface area contributed by atoms with Crippen LogP contribution in [0.2, 0.25) is 0 Å². The molecule has 1 unspecified atom stereocenters. The lowest BCUT2D eigenvalue weighted by Gasteiger charge is -2.14. The Morgan fingerprint density at radius 1 is 1.14 bits per heavy atom. The second kappa shape index (κ2) is 14.9. The maximum Gasteiger partial charge on any atom is 0.251 e. The maximum absolute atomic E-state index is 15.0. The van der Waals surface area contributed by atoms with E-state index >= 15 is 0 Å². The van der Waals surface area contributed by atoms with Gasteiger partial charge in [0.15, 0.2) is 29.6 Å². The Morgan fingerprint density at radius 3 is 2.68 bits per heavy atom. The number of hydrogen-bond acceptors (Lipinski definition) is 9. The number of aryl methyl sites for hydroxylation is 1. The predicted octanol–water partition coefficient (Wildman–Crippen LogP) is 2.80. The molecule has 0 aliphatic carbocycles. The van der Waals surface area contributed by atoms with Crippen LogP contribution in [-0.2, 0) is 11.2 Å². The summed E-state index contributed by atoms with van der Waals surface area (Å²) in [5.74, 6) is -2.92. The third-order valence-electron chi connectivity index (χ3n) is 6.80. The van der Waals surface area contributed by atoms with E-state index in [0.29, 0.717) is 48.5 Å². The van der Waals surface area contributed by atoms with Gasteiger partial charge in [0.2, 0.25) is 11.7 Å². The van der Waals surface area contributed by atoms with Gasteiger partial charge in [0, 0.05) is 42.3 Å². The number of nitrogens with one attached hydrogen (secondary N) is 3. The summed E-state index contributed by atoms with van der Waals surface area (Å²) in [6, 6.07) is 8.90. The number of carbonyl (C=O) groups is 2. The molecule has 0 bridgehead atoms. The molecule has 0 fully saturated rings. The molecule has 7 N–H and O–H groups in total. The molecule has 0 spiro atoms. The molecule has 4 aromatic rings. The number of halogens is 2. The highest BCUT2D eigenvalue weighted by molar-refractivity contribution is 5.96. The smallest absolute Gasteiger partial charge is 0.251 e. The average Bonchev–Trinajstić information content (AvgIpc) is 3.47. The minimum atomic E-state index is -1.20. The number of nitriles is 1. The number of fused-ring (bicyclic) bond motifs is 1. The van der Waals surface area contributed by atoms with E-state index < -0.39 is 24.3 Å². The van der Waals surface area contributed by atoms with Gasteiger partial charge in [-0.3, -0.25) is 14.0 Å². The minimum Gasteiger partial charge on any atom is -0.476 e. The predicted molar refractivity (Wildman–Crippen MR) is 160 cm³/mol. The zero-order chi connectivity index (χ0) is 31.6. The number of amides is 2. The summed E-state index contributed by atoms with van der Waals surface area (Å²) in [6.45, 7) is 2.43. The van der Waals surface area contributed by atoms with Crippen molar-refractivity contribution >= 4 is 29.0 Å². The molecular weight excluding hydrogens is 572 g/mol. The highest BCUT2D eigenvalue weighted by Gasteiger charge is 2.20. The summed E-state index contributed by atoms with van der Waals surface area (Å²) < 4.78 is 36.0. The first-order valence-corrected chi connectivity index (χ1v) is 14.0. The van der Waals surface area contributed by atoms with Gasteiger partial charge in [-0.1, -0.05) is 6.92 Å². The van der Waals surface area contributed by atoms with Crippen molar-refractivity contribution in [2.24, 2.45) is 11.5 Å². The molecule has 14 heteroatoms. The minimum absolute atomic E-state index is 0.0471. The second-order valence-corrected chi connectivity index (χ2v) is 9.73. The van der Waals surface area contributed by atoms with E-state index in [9.17, 15) is 18.4 Å². The third kappa shape index (κ3) is 7.25. The number of ether oxygens (including phenoxy) is 1. The number of anilines is 2. The van der Waals surface area contributed by atoms with Crippen molar-refractivity contribution in [2.45, 2.75) is 32.2 Å². The van der Waals surface area contributed by atoms with E-state index in [2.05, 4.69) is 25.9 Å². The lowest BCUT2D eigenvalue weighted by Crippen LogP contribution is -2.43. The number of nitrogens with zero attached hydrogens (tertiary/aromatic N) is 4. The Balaban J connectivity index is 1.46. The molecule has 2 heterocycles. The van der Waals surface area contributed by atoms with E-state index in [1.807, 2.05) is 13.0 Å². The van der Waals surface area contributed by atoms with Gasteiger partial charge in [-0.25, -0.2) is 14.4 Å². The fourth-order valence-corrected chi connectivity index (χ4v) is 4.54. The lowest BCUT2D eigenvalue weighted by atomic mass is 10.0. The highest BCUT2D eigenvalue weighted by Crippen LogP contribution is 2.32. The molecule has 0 saturated carbocycles. The van der Waals surface area contributed by atoms with Crippen LogP contribution in [0.25, 0.3) is 16.9 Å². The molecule has 2 aromatic carbocycles. The standard InChI is InChI=1S/C30H33F2N9O3/c1-2-18-16-19(5-6-20(18)29(42)37-11-12-38-30(43)22(35)4-3-9-33)40-27-28-39-17-23(41(28)14-13-36-27)21-7-8-24(44-15-10-34)26(32)25(21)31/h5-8,13-14,16-17,22H,2-4,9,11-12,15,33,35H2,1H3,(H,36,40)(H,37,42)(H,38,43). The van der Waals surface area contributed by atoms with Gasteiger partial charge in [0.1, 0.15) is 6.07 Å². The topological polar surface area (TPSA) is 185 Å². The fraction of sp³-hybridized carbons (Fsp3) is 0.300.